The number of nitrogens with zero attached hydrogens (tertiary/aromatic N) is 1. The van der Waals surface area contributed by atoms with Crippen LogP contribution in [0.2, 0.25) is 0 Å². The average Bonchev–Trinajstić information content (AvgIpc) is 2.49. The van der Waals surface area contributed by atoms with Crippen molar-refractivity contribution >= 4 is 0 Å². The molecular formula is C16H32N2O. The van der Waals surface area contributed by atoms with Crippen molar-refractivity contribution in [2.24, 2.45) is 0 Å². The van der Waals surface area contributed by atoms with Gasteiger partial charge in [0.2, 0.25) is 0 Å². The van der Waals surface area contributed by atoms with E-state index in [4.69, 9.17) is 5.11 Å². The maximum absolute atomic E-state index is 8.85. The van der Waals surface area contributed by atoms with Crippen LogP contribution in [-0.4, -0.2) is 48.3 Å². The number of hydrogen-bond acceptors (Lipinski definition) is 3. The van der Waals surface area contributed by atoms with Crippen molar-refractivity contribution in [2.45, 2.75) is 76.3 Å². The fourth-order valence-corrected chi connectivity index (χ4v) is 3.90. The lowest BCUT2D eigenvalue weighted by Gasteiger charge is -2.41. The van der Waals surface area contributed by atoms with Gasteiger partial charge in [0, 0.05) is 31.7 Å². The summed E-state index contributed by atoms with van der Waals surface area (Å²) in [5.41, 5.74) is 0. The van der Waals surface area contributed by atoms with Crippen molar-refractivity contribution in [2.75, 3.05) is 26.2 Å². The summed E-state index contributed by atoms with van der Waals surface area (Å²) < 4.78 is 0. The van der Waals surface area contributed by atoms with Gasteiger partial charge < -0.3 is 10.4 Å². The Morgan fingerprint density at radius 3 is 1.79 bits per heavy atom. The molecule has 3 heteroatoms. The summed E-state index contributed by atoms with van der Waals surface area (Å²) in [6.07, 6.45) is 14.3. The largest absolute Gasteiger partial charge is 0.395 e. The van der Waals surface area contributed by atoms with Gasteiger partial charge in [0.15, 0.2) is 0 Å². The summed E-state index contributed by atoms with van der Waals surface area (Å²) in [6.45, 7) is 3.21. The van der Waals surface area contributed by atoms with Crippen LogP contribution in [0.3, 0.4) is 0 Å². The minimum absolute atomic E-state index is 0.257. The Morgan fingerprint density at radius 1 is 0.789 bits per heavy atom. The molecule has 0 unspecified atom stereocenters. The van der Waals surface area contributed by atoms with E-state index in [9.17, 15) is 0 Å². The summed E-state index contributed by atoms with van der Waals surface area (Å²) >= 11 is 0. The fraction of sp³-hybridized carbons (Fsp3) is 1.00. The minimum atomic E-state index is 0.257. The first-order chi connectivity index (χ1) is 9.42. The zero-order chi connectivity index (χ0) is 13.3. The Labute approximate surface area is 118 Å². The van der Waals surface area contributed by atoms with Gasteiger partial charge in [-0.25, -0.2) is 0 Å². The third-order valence-corrected chi connectivity index (χ3v) is 4.92. The van der Waals surface area contributed by atoms with E-state index in [1.165, 1.54) is 70.8 Å². The zero-order valence-corrected chi connectivity index (χ0v) is 12.4. The maximum atomic E-state index is 8.85. The first-order valence-electron chi connectivity index (χ1n) is 8.49. The highest BCUT2D eigenvalue weighted by Crippen LogP contribution is 2.29. The smallest absolute Gasteiger partial charge is 0.0555 e. The second-order valence-electron chi connectivity index (χ2n) is 6.30. The van der Waals surface area contributed by atoms with Gasteiger partial charge in [0.05, 0.1) is 6.61 Å². The standard InChI is InChI=1S/C16H32N2O/c19-14-12-17-11-13-18(15-7-3-1-4-8-15)16-9-5-2-6-10-16/h15-17,19H,1-14H2. The molecule has 0 aromatic heterocycles. The molecule has 3 nitrogen and oxygen atoms in total. The molecule has 2 aliphatic carbocycles. The number of aliphatic hydroxyl groups excluding tert-OH is 1. The van der Waals surface area contributed by atoms with Crippen LogP contribution >= 0.6 is 0 Å². The van der Waals surface area contributed by atoms with Gasteiger partial charge >= 0.3 is 0 Å². The van der Waals surface area contributed by atoms with E-state index in [-0.39, 0.29) is 6.61 Å². The molecule has 2 fully saturated rings. The van der Waals surface area contributed by atoms with E-state index in [0.29, 0.717) is 0 Å². The molecule has 112 valence electrons. The summed E-state index contributed by atoms with van der Waals surface area (Å²) in [7, 11) is 0. The van der Waals surface area contributed by atoms with E-state index in [0.717, 1.165) is 25.2 Å². The van der Waals surface area contributed by atoms with Crippen molar-refractivity contribution in [3.8, 4) is 0 Å². The zero-order valence-electron chi connectivity index (χ0n) is 12.4. The lowest BCUT2D eigenvalue weighted by Crippen LogP contribution is -2.48. The number of hydrogen-bond donors (Lipinski definition) is 2. The van der Waals surface area contributed by atoms with Crippen LogP contribution in [0.15, 0.2) is 0 Å². The third-order valence-electron chi connectivity index (χ3n) is 4.92. The van der Waals surface area contributed by atoms with E-state index >= 15 is 0 Å². The van der Waals surface area contributed by atoms with Gasteiger partial charge in [-0.3, -0.25) is 4.90 Å². The Hall–Kier alpha value is -0.120. The molecule has 0 amide bonds. The van der Waals surface area contributed by atoms with Gasteiger partial charge in [-0.1, -0.05) is 38.5 Å². The van der Waals surface area contributed by atoms with Gasteiger partial charge in [0.25, 0.3) is 0 Å². The average molecular weight is 268 g/mol. The maximum Gasteiger partial charge on any atom is 0.0555 e. The molecule has 0 saturated heterocycles. The highest BCUT2D eigenvalue weighted by atomic mass is 16.3. The molecule has 2 saturated carbocycles. The summed E-state index contributed by atoms with van der Waals surface area (Å²) in [5.74, 6) is 0. The van der Waals surface area contributed by atoms with Crippen LogP contribution in [0.25, 0.3) is 0 Å². The van der Waals surface area contributed by atoms with E-state index in [1.807, 2.05) is 0 Å². The van der Waals surface area contributed by atoms with Crippen LogP contribution in [-0.2, 0) is 0 Å². The molecule has 0 aliphatic heterocycles. The van der Waals surface area contributed by atoms with Crippen molar-refractivity contribution in [1.82, 2.24) is 10.2 Å². The molecule has 0 aromatic carbocycles. The predicted molar refractivity (Wildman–Crippen MR) is 80.4 cm³/mol. The van der Waals surface area contributed by atoms with Crippen LogP contribution in [0, 0.1) is 0 Å². The van der Waals surface area contributed by atoms with E-state index in [2.05, 4.69) is 10.2 Å². The highest BCUT2D eigenvalue weighted by molar-refractivity contribution is 4.84. The normalized spacial score (nSPS) is 23.1. The van der Waals surface area contributed by atoms with Gasteiger partial charge in [-0.2, -0.15) is 0 Å². The van der Waals surface area contributed by atoms with Crippen molar-refractivity contribution in [1.29, 1.82) is 0 Å². The summed E-state index contributed by atoms with van der Waals surface area (Å²) in [5, 5.41) is 12.2. The second-order valence-corrected chi connectivity index (χ2v) is 6.30. The van der Waals surface area contributed by atoms with Gasteiger partial charge in [-0.15, -0.1) is 0 Å². The molecular weight excluding hydrogens is 236 g/mol. The van der Waals surface area contributed by atoms with Crippen LogP contribution < -0.4 is 5.32 Å². The third kappa shape index (κ3) is 5.05. The molecule has 0 aromatic rings. The van der Waals surface area contributed by atoms with Crippen molar-refractivity contribution in [3.05, 3.63) is 0 Å². The summed E-state index contributed by atoms with van der Waals surface area (Å²) in [4.78, 5) is 2.82. The molecule has 0 radical (unpaired) electrons. The first kappa shape index (κ1) is 15.3. The topological polar surface area (TPSA) is 35.5 Å². The molecule has 2 N–H and O–H groups in total. The second kappa shape index (κ2) is 8.93. The predicted octanol–water partition coefficient (Wildman–Crippen LogP) is 2.54. The van der Waals surface area contributed by atoms with E-state index < -0.39 is 0 Å². The lowest BCUT2D eigenvalue weighted by atomic mass is 9.88. The lowest BCUT2D eigenvalue weighted by molar-refractivity contribution is 0.0814. The van der Waals surface area contributed by atoms with Crippen molar-refractivity contribution in [3.63, 3.8) is 0 Å². The molecule has 0 atom stereocenters. The van der Waals surface area contributed by atoms with Crippen LogP contribution in [0.4, 0.5) is 0 Å². The molecule has 2 aliphatic rings. The number of rotatable bonds is 7. The Kier molecular flexibility index (Phi) is 7.18. The molecule has 0 bridgehead atoms. The molecule has 2 rings (SSSR count). The van der Waals surface area contributed by atoms with Crippen LogP contribution in [0.5, 0.6) is 0 Å². The van der Waals surface area contributed by atoms with E-state index in [1.54, 1.807) is 0 Å². The SMILES string of the molecule is OCCNCCN(C1CCCCC1)C1CCCCC1. The van der Waals surface area contributed by atoms with Gasteiger partial charge in [0.1, 0.15) is 0 Å². The quantitative estimate of drug-likeness (QED) is 0.697. The summed E-state index contributed by atoms with van der Waals surface area (Å²) in [6, 6.07) is 1.68. The minimum Gasteiger partial charge on any atom is -0.395 e. The molecule has 0 spiro atoms. The Morgan fingerprint density at radius 2 is 1.32 bits per heavy atom. The van der Waals surface area contributed by atoms with Crippen LogP contribution in [0.1, 0.15) is 64.2 Å². The monoisotopic (exact) mass is 268 g/mol. The molecule has 0 heterocycles. The first-order valence-corrected chi connectivity index (χ1v) is 8.49. The Bertz CT molecular complexity index is 205. The van der Waals surface area contributed by atoms with Crippen molar-refractivity contribution < 1.29 is 5.11 Å². The number of nitrogens with one attached hydrogen (secondary N) is 1. The van der Waals surface area contributed by atoms with Gasteiger partial charge in [-0.05, 0) is 25.7 Å². The highest BCUT2D eigenvalue weighted by Gasteiger charge is 2.28. The fourth-order valence-electron chi connectivity index (χ4n) is 3.90. The number of aliphatic hydroxyl groups is 1. The molecule has 19 heavy (non-hydrogen) atoms. The Balaban J connectivity index is 1.83.